The third-order valence-electron chi connectivity index (χ3n) is 3.48. The first kappa shape index (κ1) is 14.9. The molecule has 0 spiro atoms. The maximum Gasteiger partial charge on any atom is 0.0107 e. The summed E-state index contributed by atoms with van der Waals surface area (Å²) in [5.41, 5.74) is 5.63. The second-order valence-electron chi connectivity index (χ2n) is 5.84. The molecule has 0 unspecified atom stereocenters. The first-order chi connectivity index (χ1) is 8.18. The summed E-state index contributed by atoms with van der Waals surface area (Å²) < 4.78 is 0. The molecule has 1 heterocycles. The standard InChI is InChI=1S/C8H18N2.C6H13N/c1-8(2)7-10-5-3-9-4-6-10;7-6-4-2-1-3-5-6/h8-9H,3-7H2,1-2H3;6H,1-5,7H2. The Hall–Kier alpha value is -0.120. The van der Waals surface area contributed by atoms with Gasteiger partial charge < -0.3 is 16.0 Å². The van der Waals surface area contributed by atoms with Gasteiger partial charge in [0.1, 0.15) is 0 Å². The Labute approximate surface area is 107 Å². The molecule has 1 aliphatic heterocycles. The summed E-state index contributed by atoms with van der Waals surface area (Å²) in [6, 6.07) is 0.536. The van der Waals surface area contributed by atoms with E-state index in [1.165, 1.54) is 64.8 Å². The van der Waals surface area contributed by atoms with Gasteiger partial charge in [-0.3, -0.25) is 0 Å². The van der Waals surface area contributed by atoms with E-state index < -0.39 is 0 Å². The van der Waals surface area contributed by atoms with Crippen LogP contribution in [0.15, 0.2) is 0 Å². The molecule has 1 saturated heterocycles. The molecule has 0 atom stereocenters. The highest BCUT2D eigenvalue weighted by molar-refractivity contribution is 4.68. The molecule has 0 aromatic rings. The molecule has 0 amide bonds. The van der Waals surface area contributed by atoms with Crippen molar-refractivity contribution in [3.05, 3.63) is 0 Å². The first-order valence-electron chi connectivity index (χ1n) is 7.37. The van der Waals surface area contributed by atoms with Crippen molar-refractivity contribution >= 4 is 0 Å². The van der Waals surface area contributed by atoms with Crippen LogP contribution in [0, 0.1) is 5.92 Å². The summed E-state index contributed by atoms with van der Waals surface area (Å²) >= 11 is 0. The van der Waals surface area contributed by atoms with Crippen molar-refractivity contribution in [2.75, 3.05) is 32.7 Å². The van der Waals surface area contributed by atoms with Crippen molar-refractivity contribution in [1.82, 2.24) is 10.2 Å². The fraction of sp³-hybridized carbons (Fsp3) is 1.00. The Balaban J connectivity index is 0.000000181. The zero-order chi connectivity index (χ0) is 12.5. The van der Waals surface area contributed by atoms with Crippen molar-refractivity contribution in [2.45, 2.75) is 52.0 Å². The maximum absolute atomic E-state index is 5.63. The SMILES string of the molecule is CC(C)CN1CCNCC1.NC1CCCCC1. The van der Waals surface area contributed by atoms with Crippen molar-refractivity contribution in [2.24, 2.45) is 11.7 Å². The molecule has 102 valence electrons. The van der Waals surface area contributed by atoms with E-state index in [9.17, 15) is 0 Å². The number of hydrogen-bond acceptors (Lipinski definition) is 3. The summed E-state index contributed by atoms with van der Waals surface area (Å²) in [6.07, 6.45) is 6.66. The Morgan fingerprint density at radius 1 is 1.12 bits per heavy atom. The predicted octanol–water partition coefficient (Wildman–Crippen LogP) is 1.83. The van der Waals surface area contributed by atoms with Crippen LogP contribution in [-0.2, 0) is 0 Å². The van der Waals surface area contributed by atoms with Crippen LogP contribution in [0.5, 0.6) is 0 Å². The van der Waals surface area contributed by atoms with Gasteiger partial charge in [0, 0.05) is 38.8 Å². The van der Waals surface area contributed by atoms with Crippen LogP contribution in [0.2, 0.25) is 0 Å². The molecular weight excluding hydrogens is 210 g/mol. The topological polar surface area (TPSA) is 41.3 Å². The van der Waals surface area contributed by atoms with Crippen LogP contribution in [0.3, 0.4) is 0 Å². The van der Waals surface area contributed by atoms with E-state index in [2.05, 4.69) is 24.1 Å². The molecule has 3 heteroatoms. The molecule has 2 rings (SSSR count). The quantitative estimate of drug-likeness (QED) is 0.775. The third kappa shape index (κ3) is 7.74. The highest BCUT2D eigenvalue weighted by Gasteiger charge is 2.09. The lowest BCUT2D eigenvalue weighted by molar-refractivity contribution is 0.217. The lowest BCUT2D eigenvalue weighted by Gasteiger charge is -2.28. The Bertz CT molecular complexity index is 170. The molecule has 3 nitrogen and oxygen atoms in total. The van der Waals surface area contributed by atoms with Gasteiger partial charge in [0.2, 0.25) is 0 Å². The summed E-state index contributed by atoms with van der Waals surface area (Å²) in [5, 5.41) is 3.35. The Kier molecular flexibility index (Phi) is 7.82. The van der Waals surface area contributed by atoms with E-state index in [4.69, 9.17) is 5.73 Å². The summed E-state index contributed by atoms with van der Waals surface area (Å²) in [7, 11) is 0. The summed E-state index contributed by atoms with van der Waals surface area (Å²) in [6.45, 7) is 10.6. The van der Waals surface area contributed by atoms with Gasteiger partial charge in [-0.1, -0.05) is 33.1 Å². The lowest BCUT2D eigenvalue weighted by Crippen LogP contribution is -2.44. The van der Waals surface area contributed by atoms with E-state index in [0.29, 0.717) is 6.04 Å². The monoisotopic (exact) mass is 241 g/mol. The van der Waals surface area contributed by atoms with Gasteiger partial charge in [0.05, 0.1) is 0 Å². The number of nitrogens with one attached hydrogen (secondary N) is 1. The van der Waals surface area contributed by atoms with Gasteiger partial charge in [-0.05, 0) is 18.8 Å². The molecule has 0 aromatic carbocycles. The van der Waals surface area contributed by atoms with Gasteiger partial charge >= 0.3 is 0 Å². The van der Waals surface area contributed by atoms with Crippen LogP contribution in [0.25, 0.3) is 0 Å². The second kappa shape index (κ2) is 8.90. The van der Waals surface area contributed by atoms with Crippen LogP contribution < -0.4 is 11.1 Å². The van der Waals surface area contributed by atoms with E-state index in [-0.39, 0.29) is 0 Å². The normalized spacial score (nSPS) is 23.3. The minimum atomic E-state index is 0.536. The zero-order valence-electron chi connectivity index (χ0n) is 11.8. The van der Waals surface area contributed by atoms with Gasteiger partial charge in [-0.25, -0.2) is 0 Å². The molecule has 17 heavy (non-hydrogen) atoms. The molecule has 0 bridgehead atoms. The van der Waals surface area contributed by atoms with Gasteiger partial charge in [0.25, 0.3) is 0 Å². The molecule has 1 aliphatic carbocycles. The van der Waals surface area contributed by atoms with Crippen LogP contribution in [0.4, 0.5) is 0 Å². The van der Waals surface area contributed by atoms with E-state index in [0.717, 1.165) is 5.92 Å². The number of nitrogens with two attached hydrogens (primary N) is 1. The van der Waals surface area contributed by atoms with E-state index in [1.54, 1.807) is 0 Å². The second-order valence-corrected chi connectivity index (χ2v) is 5.84. The van der Waals surface area contributed by atoms with Crippen molar-refractivity contribution in [1.29, 1.82) is 0 Å². The van der Waals surface area contributed by atoms with Crippen molar-refractivity contribution < 1.29 is 0 Å². The summed E-state index contributed by atoms with van der Waals surface area (Å²) in [5.74, 6) is 0.818. The average Bonchev–Trinajstić information content (AvgIpc) is 2.31. The van der Waals surface area contributed by atoms with Crippen LogP contribution in [-0.4, -0.2) is 43.7 Å². The largest absolute Gasteiger partial charge is 0.328 e. The van der Waals surface area contributed by atoms with Crippen LogP contribution >= 0.6 is 0 Å². The maximum atomic E-state index is 5.63. The van der Waals surface area contributed by atoms with E-state index in [1.807, 2.05) is 0 Å². The van der Waals surface area contributed by atoms with Crippen LogP contribution in [0.1, 0.15) is 46.0 Å². The smallest absolute Gasteiger partial charge is 0.0107 e. The number of rotatable bonds is 2. The average molecular weight is 241 g/mol. The Morgan fingerprint density at radius 2 is 1.71 bits per heavy atom. The molecule has 2 aliphatic rings. The molecule has 3 N–H and O–H groups in total. The first-order valence-corrected chi connectivity index (χ1v) is 7.37. The highest BCUT2D eigenvalue weighted by Crippen LogP contribution is 2.14. The molecule has 0 radical (unpaired) electrons. The fourth-order valence-corrected chi connectivity index (χ4v) is 2.54. The van der Waals surface area contributed by atoms with E-state index >= 15 is 0 Å². The van der Waals surface area contributed by atoms with Gasteiger partial charge in [-0.15, -0.1) is 0 Å². The lowest BCUT2D eigenvalue weighted by atomic mass is 9.97. The van der Waals surface area contributed by atoms with Gasteiger partial charge in [0.15, 0.2) is 0 Å². The number of nitrogens with zero attached hydrogens (tertiary/aromatic N) is 1. The number of piperazine rings is 1. The van der Waals surface area contributed by atoms with Crippen molar-refractivity contribution in [3.8, 4) is 0 Å². The Morgan fingerprint density at radius 3 is 2.12 bits per heavy atom. The number of hydrogen-bond donors (Lipinski definition) is 2. The van der Waals surface area contributed by atoms with Crippen molar-refractivity contribution in [3.63, 3.8) is 0 Å². The molecular formula is C14H31N3. The highest BCUT2D eigenvalue weighted by atomic mass is 15.2. The minimum Gasteiger partial charge on any atom is -0.328 e. The minimum absolute atomic E-state index is 0.536. The fourth-order valence-electron chi connectivity index (χ4n) is 2.54. The van der Waals surface area contributed by atoms with Gasteiger partial charge in [-0.2, -0.15) is 0 Å². The third-order valence-corrected chi connectivity index (χ3v) is 3.48. The summed E-state index contributed by atoms with van der Waals surface area (Å²) in [4.78, 5) is 2.53. The molecule has 1 saturated carbocycles. The molecule has 2 fully saturated rings. The predicted molar refractivity (Wildman–Crippen MR) is 75.2 cm³/mol. The molecule has 0 aromatic heterocycles. The zero-order valence-corrected chi connectivity index (χ0v) is 11.8.